The Labute approximate surface area is 153 Å². The van der Waals surface area contributed by atoms with Gasteiger partial charge >= 0.3 is 0 Å². The minimum Gasteiger partial charge on any atom is -0.391 e. The summed E-state index contributed by atoms with van der Waals surface area (Å²) in [5.74, 6) is -0.118. The van der Waals surface area contributed by atoms with Gasteiger partial charge in [-0.15, -0.1) is 11.3 Å². The lowest BCUT2D eigenvalue weighted by Crippen LogP contribution is -2.50. The summed E-state index contributed by atoms with van der Waals surface area (Å²) in [7, 11) is -1.66. The predicted octanol–water partition coefficient (Wildman–Crippen LogP) is 1.91. The van der Waals surface area contributed by atoms with Gasteiger partial charge in [-0.2, -0.15) is 4.31 Å². The van der Waals surface area contributed by atoms with Gasteiger partial charge in [0.05, 0.1) is 12.1 Å². The first kappa shape index (κ1) is 18.8. The molecule has 0 spiro atoms. The van der Waals surface area contributed by atoms with Crippen LogP contribution in [0.2, 0.25) is 0 Å². The first-order valence-corrected chi connectivity index (χ1v) is 11.2. The number of amides is 1. The maximum absolute atomic E-state index is 12.8. The van der Waals surface area contributed by atoms with Crippen LogP contribution in [0.3, 0.4) is 0 Å². The van der Waals surface area contributed by atoms with Gasteiger partial charge in [0, 0.05) is 26.1 Å². The first-order valence-electron chi connectivity index (χ1n) is 8.89. The summed E-state index contributed by atoms with van der Waals surface area (Å²) >= 11 is 1.22. The van der Waals surface area contributed by atoms with E-state index in [0.29, 0.717) is 30.1 Å². The van der Waals surface area contributed by atoms with Crippen LogP contribution in [0.15, 0.2) is 21.7 Å². The molecule has 1 aliphatic heterocycles. The Morgan fingerprint density at radius 3 is 2.52 bits per heavy atom. The van der Waals surface area contributed by atoms with Crippen LogP contribution in [0.5, 0.6) is 0 Å². The Morgan fingerprint density at radius 1 is 1.24 bits per heavy atom. The van der Waals surface area contributed by atoms with Gasteiger partial charge in [0.2, 0.25) is 5.91 Å². The lowest BCUT2D eigenvalue weighted by atomic mass is 9.89. The Balaban J connectivity index is 1.59. The molecule has 0 aromatic carbocycles. The van der Waals surface area contributed by atoms with Crippen LogP contribution in [0.1, 0.15) is 38.5 Å². The number of thiophene rings is 1. The summed E-state index contributed by atoms with van der Waals surface area (Å²) in [6.07, 6.45) is 4.28. The molecule has 0 radical (unpaired) electrons. The van der Waals surface area contributed by atoms with E-state index < -0.39 is 16.1 Å². The molecule has 0 bridgehead atoms. The molecular formula is C17H26N2O4S2. The van der Waals surface area contributed by atoms with Gasteiger partial charge in [0.25, 0.3) is 10.0 Å². The summed E-state index contributed by atoms with van der Waals surface area (Å²) in [6, 6.07) is 3.25. The van der Waals surface area contributed by atoms with Crippen LogP contribution < -0.4 is 0 Å². The van der Waals surface area contributed by atoms with Crippen molar-refractivity contribution in [2.24, 2.45) is 5.92 Å². The molecule has 0 unspecified atom stereocenters. The van der Waals surface area contributed by atoms with Crippen LogP contribution in [0.25, 0.3) is 0 Å². The number of carbonyl (C=O) groups excluding carboxylic acids is 1. The molecule has 1 saturated heterocycles. The second kappa shape index (κ2) is 7.73. The highest BCUT2D eigenvalue weighted by Gasteiger charge is 2.36. The lowest BCUT2D eigenvalue weighted by Gasteiger charge is -2.38. The fourth-order valence-electron chi connectivity index (χ4n) is 3.88. The van der Waals surface area contributed by atoms with E-state index in [4.69, 9.17) is 0 Å². The molecule has 1 aromatic heterocycles. The third-order valence-electron chi connectivity index (χ3n) is 5.43. The van der Waals surface area contributed by atoms with Gasteiger partial charge in [0.15, 0.2) is 0 Å². The van der Waals surface area contributed by atoms with E-state index in [0.717, 1.165) is 25.7 Å². The number of hydrogen-bond donors (Lipinski definition) is 1. The van der Waals surface area contributed by atoms with Gasteiger partial charge in [0.1, 0.15) is 4.21 Å². The number of sulfonamides is 1. The molecule has 6 nitrogen and oxygen atoms in total. The SMILES string of the molecule is CN(C(=O)C1CCN(S(=O)(=O)c2cccs2)CC1)[C@H]1CCCC[C@H]1O. The third kappa shape index (κ3) is 3.92. The summed E-state index contributed by atoms with van der Waals surface area (Å²) < 4.78 is 27.0. The van der Waals surface area contributed by atoms with Gasteiger partial charge in [-0.1, -0.05) is 18.9 Å². The van der Waals surface area contributed by atoms with Gasteiger partial charge < -0.3 is 10.0 Å². The van der Waals surface area contributed by atoms with Crippen molar-refractivity contribution in [1.29, 1.82) is 0 Å². The molecule has 140 valence electrons. The molecule has 3 rings (SSSR count). The van der Waals surface area contributed by atoms with Crippen LogP contribution in [-0.4, -0.2) is 60.9 Å². The molecular weight excluding hydrogens is 360 g/mol. The summed E-state index contributed by atoms with van der Waals surface area (Å²) in [6.45, 7) is 0.745. The van der Waals surface area contributed by atoms with Crippen molar-refractivity contribution in [2.75, 3.05) is 20.1 Å². The highest BCUT2D eigenvalue weighted by Crippen LogP contribution is 2.29. The second-order valence-electron chi connectivity index (χ2n) is 6.98. The van der Waals surface area contributed by atoms with Gasteiger partial charge in [-0.05, 0) is 37.1 Å². The zero-order valence-electron chi connectivity index (χ0n) is 14.5. The van der Waals surface area contributed by atoms with E-state index in [9.17, 15) is 18.3 Å². The van der Waals surface area contributed by atoms with Crippen LogP contribution in [-0.2, 0) is 14.8 Å². The smallest absolute Gasteiger partial charge is 0.252 e. The molecule has 1 N–H and O–H groups in total. The number of nitrogens with zero attached hydrogens (tertiary/aromatic N) is 2. The van der Waals surface area contributed by atoms with Crippen molar-refractivity contribution in [3.05, 3.63) is 17.5 Å². The predicted molar refractivity (Wildman–Crippen MR) is 96.8 cm³/mol. The average Bonchev–Trinajstić information content (AvgIpc) is 3.16. The average molecular weight is 387 g/mol. The number of rotatable bonds is 4. The molecule has 1 saturated carbocycles. The largest absolute Gasteiger partial charge is 0.391 e. The Kier molecular flexibility index (Phi) is 5.82. The molecule has 1 aromatic rings. The normalized spacial score (nSPS) is 26.5. The van der Waals surface area contributed by atoms with Crippen LogP contribution in [0.4, 0.5) is 0 Å². The standard InChI is InChI=1S/C17H26N2O4S2/c1-18(14-5-2-3-6-15(14)20)17(21)13-8-10-19(11-9-13)25(22,23)16-7-4-12-24-16/h4,7,12-15,20H,2-3,5-6,8-11H2,1H3/t14-,15+/m0/s1. The molecule has 2 heterocycles. The Bertz CT molecular complexity index is 682. The number of hydrogen-bond acceptors (Lipinski definition) is 5. The van der Waals surface area contributed by atoms with Crippen molar-refractivity contribution in [3.63, 3.8) is 0 Å². The fraction of sp³-hybridized carbons (Fsp3) is 0.706. The topological polar surface area (TPSA) is 77.9 Å². The van der Waals surface area contributed by atoms with Crippen molar-refractivity contribution < 1.29 is 18.3 Å². The minimum absolute atomic E-state index is 0.0409. The summed E-state index contributed by atoms with van der Waals surface area (Å²) in [4.78, 5) is 14.5. The van der Waals surface area contributed by atoms with E-state index in [-0.39, 0.29) is 17.9 Å². The van der Waals surface area contributed by atoms with Crippen LogP contribution >= 0.6 is 11.3 Å². The van der Waals surface area contributed by atoms with Crippen LogP contribution in [0, 0.1) is 5.92 Å². The van der Waals surface area contributed by atoms with E-state index in [1.165, 1.54) is 15.6 Å². The molecule has 2 atom stereocenters. The number of likely N-dealkylation sites (N-methyl/N-ethyl adjacent to an activating group) is 1. The number of piperidine rings is 1. The van der Waals surface area contributed by atoms with Gasteiger partial charge in [-0.3, -0.25) is 4.79 Å². The molecule has 8 heteroatoms. The molecule has 2 aliphatic rings. The second-order valence-corrected chi connectivity index (χ2v) is 10.1. The molecule has 1 amide bonds. The monoisotopic (exact) mass is 386 g/mol. The van der Waals surface area contributed by atoms with Crippen molar-refractivity contribution >= 4 is 27.3 Å². The molecule has 1 aliphatic carbocycles. The minimum atomic E-state index is -3.43. The number of aliphatic hydroxyl groups is 1. The van der Waals surface area contributed by atoms with E-state index in [1.54, 1.807) is 29.5 Å². The zero-order chi connectivity index (χ0) is 18.0. The Hall–Kier alpha value is -0.960. The summed E-state index contributed by atoms with van der Waals surface area (Å²) in [5, 5.41) is 11.9. The van der Waals surface area contributed by atoms with Crippen molar-refractivity contribution in [3.8, 4) is 0 Å². The van der Waals surface area contributed by atoms with E-state index in [2.05, 4.69) is 0 Å². The van der Waals surface area contributed by atoms with Crippen molar-refractivity contribution in [1.82, 2.24) is 9.21 Å². The van der Waals surface area contributed by atoms with E-state index >= 15 is 0 Å². The molecule has 2 fully saturated rings. The third-order valence-corrected chi connectivity index (χ3v) is 8.70. The van der Waals surface area contributed by atoms with Crippen molar-refractivity contribution in [2.45, 2.75) is 54.9 Å². The highest BCUT2D eigenvalue weighted by molar-refractivity contribution is 7.91. The highest BCUT2D eigenvalue weighted by atomic mass is 32.2. The maximum atomic E-state index is 12.8. The quantitative estimate of drug-likeness (QED) is 0.857. The first-order chi connectivity index (χ1) is 11.9. The van der Waals surface area contributed by atoms with E-state index in [1.807, 2.05) is 0 Å². The number of aliphatic hydroxyl groups excluding tert-OH is 1. The zero-order valence-corrected chi connectivity index (χ0v) is 16.1. The molecule has 25 heavy (non-hydrogen) atoms. The fourth-order valence-corrected chi connectivity index (χ4v) is 6.49. The van der Waals surface area contributed by atoms with Gasteiger partial charge in [-0.25, -0.2) is 8.42 Å². The number of carbonyl (C=O) groups is 1. The lowest BCUT2D eigenvalue weighted by molar-refractivity contribution is -0.141. The maximum Gasteiger partial charge on any atom is 0.252 e. The Morgan fingerprint density at radius 2 is 1.92 bits per heavy atom. The summed E-state index contributed by atoms with van der Waals surface area (Å²) in [5.41, 5.74) is 0.